The number of carbonyl (C=O) groups is 2. The summed E-state index contributed by atoms with van der Waals surface area (Å²) in [6.45, 7) is -0.383. The van der Waals surface area contributed by atoms with Gasteiger partial charge in [0.2, 0.25) is 11.7 Å². The van der Waals surface area contributed by atoms with Crippen molar-refractivity contribution in [2.75, 3.05) is 6.54 Å². The van der Waals surface area contributed by atoms with Crippen LogP contribution in [-0.2, 0) is 23.5 Å². The molecule has 1 heterocycles. The monoisotopic (exact) mass is 323 g/mol. The first-order valence-corrected chi connectivity index (χ1v) is 7.09. The van der Waals surface area contributed by atoms with Crippen LogP contribution >= 0.6 is 16.9 Å². The molecule has 1 rings (SSSR count). The summed E-state index contributed by atoms with van der Waals surface area (Å²) >= 11 is 0. The van der Waals surface area contributed by atoms with Crippen molar-refractivity contribution >= 4 is 28.8 Å². The molecule has 1 aliphatic heterocycles. The third-order valence-corrected chi connectivity index (χ3v) is 3.83. The molecular weight excluding hydrogens is 312 g/mol. The van der Waals surface area contributed by atoms with Crippen molar-refractivity contribution in [1.29, 1.82) is 0 Å². The smallest absolute Gasteiger partial charge is 0.377 e. The number of hydrogen-bond acceptors (Lipinski definition) is 8. The van der Waals surface area contributed by atoms with Crippen LogP contribution in [0.3, 0.4) is 0 Å². The van der Waals surface area contributed by atoms with Crippen molar-refractivity contribution < 1.29 is 38.8 Å². The molecule has 0 saturated carbocycles. The Balaban J connectivity index is 2.46. The molecule has 0 spiro atoms. The Bertz CT molecular complexity index is 457. The fraction of sp³-hybridized carbons (Fsp3) is 0.556. The van der Waals surface area contributed by atoms with Gasteiger partial charge in [0.1, 0.15) is 11.5 Å². The fourth-order valence-corrected chi connectivity index (χ4v) is 2.02. The quantitative estimate of drug-likeness (QED) is 0.378. The predicted molar refractivity (Wildman–Crippen MR) is 64.8 cm³/mol. The van der Waals surface area contributed by atoms with Crippen LogP contribution in [0.15, 0.2) is 11.5 Å². The molecule has 1 aliphatic rings. The highest BCUT2D eigenvalue weighted by atomic mass is 31.1. The van der Waals surface area contributed by atoms with Crippen molar-refractivity contribution in [3.8, 4) is 0 Å². The molecule has 20 heavy (non-hydrogen) atoms. The second-order valence-electron chi connectivity index (χ2n) is 3.83. The van der Waals surface area contributed by atoms with Crippen LogP contribution in [0.1, 0.15) is 6.42 Å². The summed E-state index contributed by atoms with van der Waals surface area (Å²) in [6, 6.07) is 0. The van der Waals surface area contributed by atoms with Crippen molar-refractivity contribution in [2.24, 2.45) is 0 Å². The summed E-state index contributed by atoms with van der Waals surface area (Å²) in [4.78, 5) is 22.3. The zero-order valence-corrected chi connectivity index (χ0v) is 11.7. The van der Waals surface area contributed by atoms with E-state index in [2.05, 4.69) is 10.1 Å². The summed E-state index contributed by atoms with van der Waals surface area (Å²) < 4.78 is 25.4. The van der Waals surface area contributed by atoms with Gasteiger partial charge in [-0.15, -0.1) is 0 Å². The third kappa shape index (κ3) is 3.96. The molecule has 0 fully saturated rings. The molecule has 0 bridgehead atoms. The van der Waals surface area contributed by atoms with Gasteiger partial charge in [0.05, 0.1) is 6.42 Å². The van der Waals surface area contributed by atoms with Gasteiger partial charge >= 0.3 is 5.97 Å². The normalized spacial score (nSPS) is 21.9. The van der Waals surface area contributed by atoms with E-state index >= 15 is 0 Å². The lowest BCUT2D eigenvalue weighted by Gasteiger charge is -2.17. The van der Waals surface area contributed by atoms with E-state index in [0.717, 1.165) is 0 Å². The number of carbonyl (C=O) groups excluding carboxylic acids is 2. The maximum Gasteiger partial charge on any atom is 0.377 e. The average molecular weight is 323 g/mol. The van der Waals surface area contributed by atoms with E-state index in [-0.39, 0.29) is 13.0 Å². The average Bonchev–Trinajstić information content (AvgIpc) is 2.69. The number of esters is 1. The maximum atomic E-state index is 11.4. The van der Waals surface area contributed by atoms with Crippen LogP contribution < -0.4 is 5.32 Å². The largest absolute Gasteiger partial charge is 0.505 e. The standard InChI is InChI=1S/C9H11NO8P2/c11-3(8-6(13)7(14)9(15)18-8)2-10-4(12)1-5(19-16)20-17/h3,5,8,11,13-14H,1-2H2,(H,10,12). The number of amides is 1. The Labute approximate surface area is 116 Å². The molecule has 0 radical (unpaired) electrons. The first-order valence-electron chi connectivity index (χ1n) is 5.33. The van der Waals surface area contributed by atoms with E-state index in [1.165, 1.54) is 0 Å². The predicted octanol–water partition coefficient (Wildman–Crippen LogP) is 0.0161. The highest BCUT2D eigenvalue weighted by Gasteiger charge is 2.39. The molecular formula is C9H11NO8P2. The summed E-state index contributed by atoms with van der Waals surface area (Å²) in [5.41, 5.74) is 0. The summed E-state index contributed by atoms with van der Waals surface area (Å²) in [6.07, 6.45) is -3.23. The number of nitrogens with one attached hydrogen (secondary N) is 1. The Morgan fingerprint density at radius 3 is 2.40 bits per heavy atom. The molecule has 1 amide bonds. The second kappa shape index (κ2) is 7.28. The minimum Gasteiger partial charge on any atom is -0.505 e. The van der Waals surface area contributed by atoms with Gasteiger partial charge in [0, 0.05) is 6.54 Å². The Hall–Kier alpha value is -1.56. The maximum absolute atomic E-state index is 11.4. The van der Waals surface area contributed by atoms with E-state index in [0.29, 0.717) is 0 Å². The van der Waals surface area contributed by atoms with Crippen LogP contribution in [0.2, 0.25) is 0 Å². The summed E-state index contributed by atoms with van der Waals surface area (Å²) in [5.74, 6) is -3.60. The van der Waals surface area contributed by atoms with Gasteiger partial charge in [0.25, 0.3) is 0 Å². The van der Waals surface area contributed by atoms with E-state index < -0.39 is 57.9 Å². The third-order valence-electron chi connectivity index (χ3n) is 2.41. The number of ether oxygens (including phenoxy) is 1. The minimum atomic E-state index is -1.47. The number of cyclic esters (lactones) is 1. The van der Waals surface area contributed by atoms with E-state index in [1.54, 1.807) is 0 Å². The van der Waals surface area contributed by atoms with Gasteiger partial charge in [-0.05, 0) is 0 Å². The highest BCUT2D eigenvalue weighted by Crippen LogP contribution is 2.23. The van der Waals surface area contributed by atoms with Crippen LogP contribution in [0.25, 0.3) is 0 Å². The van der Waals surface area contributed by atoms with Gasteiger partial charge in [-0.3, -0.25) is 13.9 Å². The first kappa shape index (κ1) is 16.5. The molecule has 2 unspecified atom stereocenters. The summed E-state index contributed by atoms with van der Waals surface area (Å²) in [5, 5.41) is 29.3. The lowest BCUT2D eigenvalue weighted by atomic mass is 10.1. The molecule has 0 aromatic heterocycles. The van der Waals surface area contributed by atoms with E-state index in [9.17, 15) is 28.9 Å². The SMILES string of the molecule is O=PC(CC(=O)NCC(O)C1OC(=O)C(O)=C1O)P=O. The van der Waals surface area contributed by atoms with E-state index in [1.807, 2.05) is 0 Å². The van der Waals surface area contributed by atoms with Gasteiger partial charge in [-0.2, -0.15) is 0 Å². The number of aliphatic hydroxyl groups is 3. The van der Waals surface area contributed by atoms with Crippen molar-refractivity contribution in [1.82, 2.24) is 5.32 Å². The van der Waals surface area contributed by atoms with Gasteiger partial charge in [-0.25, -0.2) is 4.79 Å². The minimum absolute atomic E-state index is 0.291. The van der Waals surface area contributed by atoms with Crippen molar-refractivity contribution in [3.05, 3.63) is 11.5 Å². The number of aliphatic hydroxyl groups excluding tert-OH is 3. The molecule has 110 valence electrons. The Morgan fingerprint density at radius 1 is 1.35 bits per heavy atom. The molecule has 2 atom stereocenters. The second-order valence-corrected chi connectivity index (χ2v) is 5.90. The molecule has 4 N–H and O–H groups in total. The zero-order chi connectivity index (χ0) is 15.3. The topological polar surface area (TPSA) is 150 Å². The number of hydrogen-bond donors (Lipinski definition) is 4. The van der Waals surface area contributed by atoms with E-state index in [4.69, 9.17) is 5.11 Å². The molecule has 0 aliphatic carbocycles. The summed E-state index contributed by atoms with van der Waals surface area (Å²) in [7, 11) is -0.902. The lowest BCUT2D eigenvalue weighted by molar-refractivity contribution is -0.146. The van der Waals surface area contributed by atoms with Crippen LogP contribution in [0.4, 0.5) is 0 Å². The first-order chi connectivity index (χ1) is 9.40. The molecule has 9 nitrogen and oxygen atoms in total. The molecule has 0 aromatic rings. The van der Waals surface area contributed by atoms with Crippen LogP contribution in [0.5, 0.6) is 0 Å². The molecule has 0 aromatic carbocycles. The van der Waals surface area contributed by atoms with Gasteiger partial charge in [-0.1, -0.05) is 0 Å². The van der Waals surface area contributed by atoms with Gasteiger partial charge in [0.15, 0.2) is 28.8 Å². The fourth-order valence-electron chi connectivity index (χ4n) is 1.38. The van der Waals surface area contributed by atoms with Crippen molar-refractivity contribution in [3.63, 3.8) is 0 Å². The Kier molecular flexibility index (Phi) is 6.01. The molecule has 11 heteroatoms. The Morgan fingerprint density at radius 2 is 1.95 bits per heavy atom. The van der Waals surface area contributed by atoms with Crippen LogP contribution in [-0.4, -0.2) is 51.3 Å². The van der Waals surface area contributed by atoms with Crippen LogP contribution in [0, 0.1) is 0 Å². The van der Waals surface area contributed by atoms with Gasteiger partial charge < -0.3 is 25.4 Å². The zero-order valence-electron chi connectivity index (χ0n) is 9.92. The lowest BCUT2D eigenvalue weighted by Crippen LogP contribution is -2.40. The number of rotatable bonds is 7. The molecule has 0 saturated heterocycles. The van der Waals surface area contributed by atoms with Crippen molar-refractivity contribution in [2.45, 2.75) is 24.0 Å². The highest BCUT2D eigenvalue weighted by molar-refractivity contribution is 7.44.